The Bertz CT molecular complexity index is 776. The maximum absolute atomic E-state index is 12.5. The van der Waals surface area contributed by atoms with Gasteiger partial charge >= 0.3 is 0 Å². The van der Waals surface area contributed by atoms with Crippen molar-refractivity contribution < 1.29 is 14.3 Å². The second-order valence-electron chi connectivity index (χ2n) is 6.87. The van der Waals surface area contributed by atoms with Crippen molar-refractivity contribution >= 4 is 11.8 Å². The van der Waals surface area contributed by atoms with E-state index in [1.807, 2.05) is 54.6 Å². The molecule has 142 valence electrons. The highest BCUT2D eigenvalue weighted by Crippen LogP contribution is 2.25. The molecule has 2 aromatic rings. The zero-order chi connectivity index (χ0) is 19.1. The van der Waals surface area contributed by atoms with E-state index >= 15 is 0 Å². The molecular weight excluding hydrogens is 340 g/mol. The summed E-state index contributed by atoms with van der Waals surface area (Å²) in [6.07, 6.45) is 2.41. The Morgan fingerprint density at radius 3 is 2.63 bits per heavy atom. The summed E-state index contributed by atoms with van der Waals surface area (Å²) in [4.78, 5) is 25.7. The first-order valence-electron chi connectivity index (χ1n) is 9.47. The van der Waals surface area contributed by atoms with Crippen molar-refractivity contribution in [1.29, 1.82) is 0 Å². The predicted octanol–water partition coefficient (Wildman–Crippen LogP) is 3.40. The van der Waals surface area contributed by atoms with E-state index in [0.717, 1.165) is 36.4 Å². The van der Waals surface area contributed by atoms with Crippen LogP contribution in [0.4, 0.5) is 0 Å². The van der Waals surface area contributed by atoms with Crippen LogP contribution < -0.4 is 10.1 Å². The molecule has 1 saturated heterocycles. The minimum atomic E-state index is -0.113. The number of carbonyl (C=O) groups is 2. The van der Waals surface area contributed by atoms with Crippen LogP contribution in [0.3, 0.4) is 0 Å². The third kappa shape index (κ3) is 5.33. The highest BCUT2D eigenvalue weighted by molar-refractivity contribution is 5.80. The Kier molecular flexibility index (Phi) is 6.47. The number of amides is 2. The van der Waals surface area contributed by atoms with Gasteiger partial charge < -0.3 is 15.0 Å². The van der Waals surface area contributed by atoms with Crippen LogP contribution in [-0.4, -0.2) is 36.3 Å². The lowest BCUT2D eigenvalue weighted by Crippen LogP contribution is -2.45. The third-order valence-corrected chi connectivity index (χ3v) is 4.87. The van der Waals surface area contributed by atoms with Gasteiger partial charge in [-0.1, -0.05) is 36.4 Å². The van der Waals surface area contributed by atoms with E-state index in [1.54, 1.807) is 11.8 Å². The summed E-state index contributed by atoms with van der Waals surface area (Å²) in [5.74, 6) is 1.55. The van der Waals surface area contributed by atoms with Crippen LogP contribution in [0.15, 0.2) is 54.6 Å². The molecule has 0 spiro atoms. The number of hydrogen-bond acceptors (Lipinski definition) is 3. The van der Waals surface area contributed by atoms with Gasteiger partial charge in [0.25, 0.3) is 0 Å². The number of rotatable bonds is 6. The van der Waals surface area contributed by atoms with Crippen LogP contribution in [0, 0.1) is 5.92 Å². The number of nitrogens with one attached hydrogen (secondary N) is 1. The first kappa shape index (κ1) is 19.0. The van der Waals surface area contributed by atoms with Crippen molar-refractivity contribution in [2.75, 3.05) is 19.6 Å². The molecular formula is C22H26N2O3. The molecule has 0 aliphatic carbocycles. The highest BCUT2D eigenvalue weighted by Gasteiger charge is 2.26. The van der Waals surface area contributed by atoms with Crippen molar-refractivity contribution in [3.8, 4) is 11.5 Å². The number of likely N-dealkylation sites (tertiary alicyclic amines) is 1. The SMILES string of the molecule is CC(=O)N1CCC[C@@H](C(=O)NCCc2ccccc2Oc2ccccc2)C1. The van der Waals surface area contributed by atoms with Gasteiger partial charge in [-0.25, -0.2) is 0 Å². The molecule has 0 saturated carbocycles. The lowest BCUT2D eigenvalue weighted by molar-refractivity contribution is -0.133. The quantitative estimate of drug-likeness (QED) is 0.852. The summed E-state index contributed by atoms with van der Waals surface area (Å²) in [5.41, 5.74) is 1.05. The van der Waals surface area contributed by atoms with Gasteiger partial charge in [0.2, 0.25) is 11.8 Å². The highest BCUT2D eigenvalue weighted by atomic mass is 16.5. The first-order chi connectivity index (χ1) is 13.1. The average Bonchev–Trinajstić information content (AvgIpc) is 2.70. The van der Waals surface area contributed by atoms with Crippen molar-refractivity contribution in [1.82, 2.24) is 10.2 Å². The fourth-order valence-electron chi connectivity index (χ4n) is 3.37. The summed E-state index contributed by atoms with van der Waals surface area (Å²) in [5, 5.41) is 3.02. The topological polar surface area (TPSA) is 58.6 Å². The van der Waals surface area contributed by atoms with Gasteiger partial charge in [0.05, 0.1) is 5.92 Å². The van der Waals surface area contributed by atoms with Crippen LogP contribution in [0.2, 0.25) is 0 Å². The van der Waals surface area contributed by atoms with Crippen LogP contribution in [0.1, 0.15) is 25.3 Å². The standard InChI is InChI=1S/C22H26N2O3/c1-17(25)24-15-7-9-19(16-24)22(26)23-14-13-18-8-5-6-12-21(18)27-20-10-3-2-4-11-20/h2-6,8,10-12,19H,7,9,13-16H2,1H3,(H,23,26)/t19-/m1/s1. The van der Waals surface area contributed by atoms with Crippen LogP contribution in [0.25, 0.3) is 0 Å². The van der Waals surface area contributed by atoms with Crippen LogP contribution in [-0.2, 0) is 16.0 Å². The molecule has 0 radical (unpaired) electrons. The summed E-state index contributed by atoms with van der Waals surface area (Å²) in [6.45, 7) is 3.38. The second kappa shape index (κ2) is 9.21. The van der Waals surface area contributed by atoms with Crippen molar-refractivity contribution in [3.05, 3.63) is 60.2 Å². The lowest BCUT2D eigenvalue weighted by Gasteiger charge is -2.31. The average molecular weight is 366 g/mol. The van der Waals surface area contributed by atoms with Crippen LogP contribution >= 0.6 is 0 Å². The summed E-state index contributed by atoms with van der Waals surface area (Å²) in [7, 11) is 0. The summed E-state index contributed by atoms with van der Waals surface area (Å²) >= 11 is 0. The number of ether oxygens (including phenoxy) is 1. The van der Waals surface area contributed by atoms with Crippen molar-refractivity contribution in [2.45, 2.75) is 26.2 Å². The van der Waals surface area contributed by atoms with Gasteiger partial charge in [0, 0.05) is 26.6 Å². The number of piperidine rings is 1. The Morgan fingerprint density at radius 1 is 1.11 bits per heavy atom. The number of carbonyl (C=O) groups excluding carboxylic acids is 2. The lowest BCUT2D eigenvalue weighted by atomic mass is 9.97. The zero-order valence-corrected chi connectivity index (χ0v) is 15.7. The molecule has 27 heavy (non-hydrogen) atoms. The fourth-order valence-corrected chi connectivity index (χ4v) is 3.37. The smallest absolute Gasteiger partial charge is 0.224 e. The molecule has 1 aliphatic rings. The Morgan fingerprint density at radius 2 is 1.85 bits per heavy atom. The minimum absolute atomic E-state index is 0.0300. The number of para-hydroxylation sites is 2. The monoisotopic (exact) mass is 366 g/mol. The van der Waals surface area contributed by atoms with Gasteiger partial charge in [-0.3, -0.25) is 9.59 Å². The molecule has 3 rings (SSSR count). The molecule has 5 heteroatoms. The summed E-state index contributed by atoms with van der Waals surface area (Å²) in [6, 6.07) is 17.5. The molecule has 1 atom stereocenters. The van der Waals surface area contributed by atoms with Crippen LogP contribution in [0.5, 0.6) is 11.5 Å². The van der Waals surface area contributed by atoms with Gasteiger partial charge in [-0.2, -0.15) is 0 Å². The molecule has 2 aromatic carbocycles. The predicted molar refractivity (Wildman–Crippen MR) is 105 cm³/mol. The number of nitrogens with zero attached hydrogens (tertiary/aromatic N) is 1. The molecule has 2 amide bonds. The maximum atomic E-state index is 12.5. The fraction of sp³-hybridized carbons (Fsp3) is 0.364. The molecule has 1 aliphatic heterocycles. The molecule has 1 N–H and O–H groups in total. The Labute approximate surface area is 160 Å². The molecule has 0 unspecified atom stereocenters. The van der Waals surface area contributed by atoms with Gasteiger partial charge in [-0.05, 0) is 43.0 Å². The van der Waals surface area contributed by atoms with E-state index < -0.39 is 0 Å². The Hall–Kier alpha value is -2.82. The van der Waals surface area contributed by atoms with Crippen molar-refractivity contribution in [3.63, 3.8) is 0 Å². The summed E-state index contributed by atoms with van der Waals surface area (Å²) < 4.78 is 5.97. The van der Waals surface area contributed by atoms with E-state index in [-0.39, 0.29) is 17.7 Å². The molecule has 0 bridgehead atoms. The largest absolute Gasteiger partial charge is 0.457 e. The maximum Gasteiger partial charge on any atom is 0.224 e. The molecule has 1 heterocycles. The molecule has 0 aromatic heterocycles. The number of benzene rings is 2. The molecule has 1 fully saturated rings. The first-order valence-corrected chi connectivity index (χ1v) is 9.47. The van der Waals surface area contributed by atoms with E-state index in [9.17, 15) is 9.59 Å². The van der Waals surface area contributed by atoms with Gasteiger partial charge in [0.1, 0.15) is 11.5 Å². The van der Waals surface area contributed by atoms with E-state index in [0.29, 0.717) is 19.5 Å². The zero-order valence-electron chi connectivity index (χ0n) is 15.7. The van der Waals surface area contributed by atoms with E-state index in [4.69, 9.17) is 4.74 Å². The third-order valence-electron chi connectivity index (χ3n) is 4.87. The van der Waals surface area contributed by atoms with Gasteiger partial charge in [-0.15, -0.1) is 0 Å². The van der Waals surface area contributed by atoms with E-state index in [2.05, 4.69) is 5.32 Å². The number of hydrogen-bond donors (Lipinski definition) is 1. The van der Waals surface area contributed by atoms with Crippen molar-refractivity contribution in [2.24, 2.45) is 5.92 Å². The Balaban J connectivity index is 1.53. The molecule has 5 nitrogen and oxygen atoms in total. The van der Waals surface area contributed by atoms with Gasteiger partial charge in [0.15, 0.2) is 0 Å². The minimum Gasteiger partial charge on any atom is -0.457 e. The van der Waals surface area contributed by atoms with E-state index in [1.165, 1.54) is 0 Å². The second-order valence-corrected chi connectivity index (χ2v) is 6.87. The normalized spacial score (nSPS) is 16.6.